The molecular formula is C6H8BrN3O2. The van der Waals surface area contributed by atoms with Crippen LogP contribution in [0.2, 0.25) is 0 Å². The topological polar surface area (TPSA) is 80.9 Å². The minimum atomic E-state index is -0.436. The summed E-state index contributed by atoms with van der Waals surface area (Å²) in [6, 6.07) is 0. The molecule has 1 rings (SSSR count). The van der Waals surface area contributed by atoms with Crippen molar-refractivity contribution in [2.24, 2.45) is 5.73 Å². The molecule has 0 aliphatic rings. The van der Waals surface area contributed by atoms with Crippen LogP contribution in [-0.4, -0.2) is 16.1 Å². The second-order valence-corrected chi connectivity index (χ2v) is 3.07. The Kier molecular flexibility index (Phi) is 2.83. The number of aromatic nitrogens is 2. The molecule has 0 aliphatic carbocycles. The molecule has 1 heterocycles. The standard InChI is InChI=1S/C6H8BrN3O2/c7-4-3-10(2-1-8)6(12)9-5(4)11/h3H,1-2,8H2,(H,9,11,12). The van der Waals surface area contributed by atoms with Crippen molar-refractivity contribution in [3.8, 4) is 0 Å². The molecule has 0 fully saturated rings. The lowest BCUT2D eigenvalue weighted by Crippen LogP contribution is -2.31. The fraction of sp³-hybridized carbons (Fsp3) is 0.333. The van der Waals surface area contributed by atoms with Crippen LogP contribution in [0.5, 0.6) is 0 Å². The SMILES string of the molecule is NCCn1cc(Br)c(=O)[nH]c1=O. The number of nitrogens with one attached hydrogen (secondary N) is 1. The van der Waals surface area contributed by atoms with Crippen LogP contribution in [0.3, 0.4) is 0 Å². The van der Waals surface area contributed by atoms with E-state index in [1.807, 2.05) is 0 Å². The Balaban J connectivity index is 3.24. The predicted molar refractivity (Wildman–Crippen MR) is 48.1 cm³/mol. The van der Waals surface area contributed by atoms with E-state index in [0.29, 0.717) is 17.6 Å². The highest BCUT2D eigenvalue weighted by Crippen LogP contribution is 1.96. The van der Waals surface area contributed by atoms with E-state index < -0.39 is 11.2 Å². The summed E-state index contributed by atoms with van der Waals surface area (Å²) >= 11 is 3.01. The summed E-state index contributed by atoms with van der Waals surface area (Å²) in [6.45, 7) is 0.757. The Bertz CT molecular complexity index is 381. The van der Waals surface area contributed by atoms with Crippen LogP contribution in [0.1, 0.15) is 0 Å². The van der Waals surface area contributed by atoms with Crippen molar-refractivity contribution < 1.29 is 0 Å². The third kappa shape index (κ3) is 1.83. The molecule has 0 aliphatic heterocycles. The Morgan fingerprint density at radius 3 is 2.83 bits per heavy atom. The molecule has 0 unspecified atom stereocenters. The molecule has 0 bridgehead atoms. The maximum Gasteiger partial charge on any atom is 0.328 e. The number of halogens is 1. The fourth-order valence-electron chi connectivity index (χ4n) is 0.788. The van der Waals surface area contributed by atoms with Crippen LogP contribution in [0.25, 0.3) is 0 Å². The molecule has 0 spiro atoms. The number of hydrogen-bond acceptors (Lipinski definition) is 3. The zero-order valence-corrected chi connectivity index (χ0v) is 7.80. The van der Waals surface area contributed by atoms with Crippen molar-refractivity contribution >= 4 is 15.9 Å². The van der Waals surface area contributed by atoms with Gasteiger partial charge in [-0.2, -0.15) is 0 Å². The summed E-state index contributed by atoms with van der Waals surface area (Å²) in [7, 11) is 0. The maximum atomic E-state index is 11.0. The van der Waals surface area contributed by atoms with Gasteiger partial charge in [-0.05, 0) is 15.9 Å². The number of hydrogen-bond donors (Lipinski definition) is 2. The molecule has 0 amide bonds. The van der Waals surface area contributed by atoms with E-state index in [2.05, 4.69) is 20.9 Å². The molecule has 6 heteroatoms. The van der Waals surface area contributed by atoms with Crippen LogP contribution < -0.4 is 17.0 Å². The Morgan fingerprint density at radius 2 is 2.25 bits per heavy atom. The molecule has 1 aromatic heterocycles. The van der Waals surface area contributed by atoms with E-state index in [1.54, 1.807) is 0 Å². The van der Waals surface area contributed by atoms with E-state index in [0.717, 1.165) is 0 Å². The van der Waals surface area contributed by atoms with Gasteiger partial charge in [0.25, 0.3) is 5.56 Å². The highest BCUT2D eigenvalue weighted by Gasteiger charge is 1.99. The summed E-state index contributed by atoms with van der Waals surface area (Å²) in [5.41, 5.74) is 4.39. The van der Waals surface area contributed by atoms with Gasteiger partial charge < -0.3 is 5.73 Å². The molecule has 0 radical (unpaired) electrons. The largest absolute Gasteiger partial charge is 0.329 e. The van der Waals surface area contributed by atoms with E-state index in [9.17, 15) is 9.59 Å². The molecular weight excluding hydrogens is 226 g/mol. The summed E-state index contributed by atoms with van der Waals surface area (Å²) < 4.78 is 1.67. The van der Waals surface area contributed by atoms with E-state index in [-0.39, 0.29) is 0 Å². The third-order valence-corrected chi connectivity index (χ3v) is 1.90. The van der Waals surface area contributed by atoms with Crippen LogP contribution in [0.4, 0.5) is 0 Å². The Morgan fingerprint density at radius 1 is 1.58 bits per heavy atom. The van der Waals surface area contributed by atoms with Crippen molar-refractivity contribution in [3.05, 3.63) is 31.5 Å². The Hall–Kier alpha value is -0.880. The van der Waals surface area contributed by atoms with Crippen molar-refractivity contribution in [2.75, 3.05) is 6.54 Å². The molecule has 66 valence electrons. The molecule has 12 heavy (non-hydrogen) atoms. The highest BCUT2D eigenvalue weighted by atomic mass is 79.9. The van der Waals surface area contributed by atoms with Gasteiger partial charge in [-0.15, -0.1) is 0 Å². The Labute approximate surface area is 76.3 Å². The van der Waals surface area contributed by atoms with Crippen LogP contribution in [0, 0.1) is 0 Å². The minimum Gasteiger partial charge on any atom is -0.329 e. The summed E-state index contributed by atoms with van der Waals surface area (Å²) in [6.07, 6.45) is 1.42. The van der Waals surface area contributed by atoms with Gasteiger partial charge in [0, 0.05) is 19.3 Å². The van der Waals surface area contributed by atoms with E-state index >= 15 is 0 Å². The number of aromatic amines is 1. The fourth-order valence-corrected chi connectivity index (χ4v) is 1.13. The molecule has 0 saturated heterocycles. The molecule has 5 nitrogen and oxygen atoms in total. The van der Waals surface area contributed by atoms with Crippen LogP contribution >= 0.6 is 15.9 Å². The molecule has 1 aromatic rings. The molecule has 0 aromatic carbocycles. The number of H-pyrrole nitrogens is 1. The minimum absolute atomic E-state index is 0.329. The van der Waals surface area contributed by atoms with E-state index in [1.165, 1.54) is 10.8 Å². The first-order valence-electron chi connectivity index (χ1n) is 3.34. The van der Waals surface area contributed by atoms with Gasteiger partial charge in [0.1, 0.15) is 0 Å². The zero-order chi connectivity index (χ0) is 9.14. The van der Waals surface area contributed by atoms with Crippen molar-refractivity contribution in [1.82, 2.24) is 9.55 Å². The van der Waals surface area contributed by atoms with Gasteiger partial charge >= 0.3 is 5.69 Å². The lowest BCUT2D eigenvalue weighted by molar-refractivity contribution is 0.652. The van der Waals surface area contributed by atoms with Gasteiger partial charge in [-0.25, -0.2) is 4.79 Å². The average molecular weight is 234 g/mol. The summed E-state index contributed by atoms with van der Waals surface area (Å²) in [5, 5.41) is 0. The monoisotopic (exact) mass is 233 g/mol. The van der Waals surface area contributed by atoms with Gasteiger partial charge in [-0.3, -0.25) is 14.3 Å². The smallest absolute Gasteiger partial charge is 0.328 e. The van der Waals surface area contributed by atoms with E-state index in [4.69, 9.17) is 5.73 Å². The summed E-state index contributed by atoms with van der Waals surface area (Å²) in [4.78, 5) is 24.0. The first-order valence-corrected chi connectivity index (χ1v) is 4.14. The molecule has 0 atom stereocenters. The molecule has 3 N–H and O–H groups in total. The first kappa shape index (κ1) is 9.21. The third-order valence-electron chi connectivity index (χ3n) is 1.34. The number of nitrogens with zero attached hydrogens (tertiary/aromatic N) is 1. The normalized spacial score (nSPS) is 10.2. The maximum absolute atomic E-state index is 11.0. The zero-order valence-electron chi connectivity index (χ0n) is 6.21. The first-order chi connectivity index (χ1) is 5.65. The second kappa shape index (κ2) is 3.68. The van der Waals surface area contributed by atoms with Crippen molar-refractivity contribution in [2.45, 2.75) is 6.54 Å². The lowest BCUT2D eigenvalue weighted by Gasteiger charge is -2.01. The van der Waals surface area contributed by atoms with Crippen molar-refractivity contribution in [1.29, 1.82) is 0 Å². The van der Waals surface area contributed by atoms with Gasteiger partial charge in [-0.1, -0.05) is 0 Å². The quantitative estimate of drug-likeness (QED) is 0.706. The number of rotatable bonds is 2. The van der Waals surface area contributed by atoms with Gasteiger partial charge in [0.2, 0.25) is 0 Å². The lowest BCUT2D eigenvalue weighted by atomic mass is 10.6. The van der Waals surface area contributed by atoms with Gasteiger partial charge in [0.15, 0.2) is 0 Å². The van der Waals surface area contributed by atoms with Crippen molar-refractivity contribution in [3.63, 3.8) is 0 Å². The average Bonchev–Trinajstić information content (AvgIpc) is 2.01. The summed E-state index contributed by atoms with van der Waals surface area (Å²) in [5.74, 6) is 0. The predicted octanol–water partition coefficient (Wildman–Crippen LogP) is -0.742. The van der Waals surface area contributed by atoms with Gasteiger partial charge in [0.05, 0.1) is 4.47 Å². The van der Waals surface area contributed by atoms with Crippen LogP contribution in [0.15, 0.2) is 20.3 Å². The highest BCUT2D eigenvalue weighted by molar-refractivity contribution is 9.10. The number of nitrogens with two attached hydrogens (primary N) is 1. The second-order valence-electron chi connectivity index (χ2n) is 2.22. The van der Waals surface area contributed by atoms with Crippen LogP contribution in [-0.2, 0) is 6.54 Å². The molecule has 0 saturated carbocycles.